The normalized spacial score (nSPS) is 19.9. The molecular formula is C14H14N2O5S3. The minimum atomic E-state index is -3.80. The first-order valence-corrected chi connectivity index (χ1v) is 11.3. The molecule has 1 aliphatic heterocycles. The Morgan fingerprint density at radius 1 is 1.33 bits per heavy atom. The van der Waals surface area contributed by atoms with Crippen molar-refractivity contribution < 1.29 is 21.6 Å². The van der Waals surface area contributed by atoms with Gasteiger partial charge in [-0.3, -0.25) is 10.1 Å². The number of nitrogens with zero attached hydrogens (tertiary/aromatic N) is 1. The molecule has 3 rings (SSSR count). The van der Waals surface area contributed by atoms with Crippen LogP contribution in [-0.2, 0) is 19.7 Å². The predicted molar refractivity (Wildman–Crippen MR) is 90.8 cm³/mol. The molecule has 0 bridgehead atoms. The van der Waals surface area contributed by atoms with Crippen molar-refractivity contribution in [2.24, 2.45) is 0 Å². The summed E-state index contributed by atoms with van der Waals surface area (Å²) in [7, 11) is -7.11. The van der Waals surface area contributed by atoms with E-state index in [1.54, 1.807) is 11.6 Å². The highest BCUT2D eigenvalue weighted by atomic mass is 32.2. The van der Waals surface area contributed by atoms with Crippen LogP contribution in [-0.4, -0.2) is 44.5 Å². The van der Waals surface area contributed by atoms with Gasteiger partial charge in [0.05, 0.1) is 21.7 Å². The molecule has 1 saturated heterocycles. The van der Waals surface area contributed by atoms with Gasteiger partial charge in [-0.2, -0.15) is 0 Å². The number of sulfone groups is 2. The number of rotatable bonds is 4. The third-order valence-electron chi connectivity index (χ3n) is 3.71. The van der Waals surface area contributed by atoms with Gasteiger partial charge in [0.1, 0.15) is 0 Å². The number of amides is 1. The second-order valence-corrected chi connectivity index (χ2v) is 10.7. The molecule has 2 aromatic rings. The van der Waals surface area contributed by atoms with Crippen molar-refractivity contribution in [1.82, 2.24) is 4.98 Å². The molecular weight excluding hydrogens is 372 g/mol. The van der Waals surface area contributed by atoms with Crippen LogP contribution in [0.3, 0.4) is 0 Å². The lowest BCUT2D eigenvalue weighted by Gasteiger charge is -2.11. The molecule has 0 spiro atoms. The van der Waals surface area contributed by atoms with Gasteiger partial charge in [0, 0.05) is 17.1 Å². The van der Waals surface area contributed by atoms with Crippen LogP contribution < -0.4 is 5.32 Å². The molecule has 1 aliphatic rings. The van der Waals surface area contributed by atoms with Crippen LogP contribution in [0.1, 0.15) is 16.8 Å². The third-order valence-corrected chi connectivity index (χ3v) is 8.57. The number of hydrogen-bond acceptors (Lipinski definition) is 7. The number of benzene rings is 1. The number of hydrogen-bond donors (Lipinski definition) is 1. The van der Waals surface area contributed by atoms with Crippen molar-refractivity contribution >= 4 is 42.1 Å². The van der Waals surface area contributed by atoms with E-state index < -0.39 is 30.8 Å². The van der Waals surface area contributed by atoms with Gasteiger partial charge in [0.2, 0.25) is 0 Å². The smallest absolute Gasteiger partial charge is 0.257 e. The summed E-state index contributed by atoms with van der Waals surface area (Å²) in [6.45, 7) is 0. The van der Waals surface area contributed by atoms with E-state index in [9.17, 15) is 21.6 Å². The number of carbonyl (C=O) groups excluding carboxylic acids is 1. The van der Waals surface area contributed by atoms with Crippen LogP contribution in [0.25, 0.3) is 0 Å². The zero-order chi connectivity index (χ0) is 17.4. The Hall–Kier alpha value is -1.78. The van der Waals surface area contributed by atoms with Crippen molar-refractivity contribution in [2.45, 2.75) is 16.6 Å². The molecule has 7 nitrogen and oxygen atoms in total. The summed E-state index contributed by atoms with van der Waals surface area (Å²) in [5, 5.41) is 3.74. The van der Waals surface area contributed by atoms with Gasteiger partial charge in [-0.05, 0) is 24.6 Å². The van der Waals surface area contributed by atoms with E-state index in [4.69, 9.17) is 0 Å². The fraction of sp³-hybridized carbons (Fsp3) is 0.286. The predicted octanol–water partition coefficient (Wildman–Crippen LogP) is 1.36. The molecule has 2 heterocycles. The average Bonchev–Trinajstić information content (AvgIpc) is 3.17. The van der Waals surface area contributed by atoms with Crippen molar-refractivity contribution in [3.05, 3.63) is 41.4 Å². The molecule has 1 N–H and O–H groups in total. The summed E-state index contributed by atoms with van der Waals surface area (Å²) in [6, 6.07) is 5.60. The zero-order valence-electron chi connectivity index (χ0n) is 12.4. The first kappa shape index (κ1) is 17.1. The van der Waals surface area contributed by atoms with Crippen molar-refractivity contribution in [3.8, 4) is 0 Å². The first-order valence-electron chi connectivity index (χ1n) is 7.03. The molecule has 1 amide bonds. The lowest BCUT2D eigenvalue weighted by atomic mass is 10.2. The summed E-state index contributed by atoms with van der Waals surface area (Å²) < 4.78 is 48.3. The number of anilines is 1. The summed E-state index contributed by atoms with van der Waals surface area (Å²) in [5.41, 5.74) is 0.173. The van der Waals surface area contributed by atoms with E-state index in [1.807, 2.05) is 0 Å². The topological polar surface area (TPSA) is 110 Å². The molecule has 1 aromatic carbocycles. The lowest BCUT2D eigenvalue weighted by Crippen LogP contribution is -2.23. The maximum Gasteiger partial charge on any atom is 0.257 e. The minimum absolute atomic E-state index is 0.0450. The molecule has 1 atom stereocenters. The molecule has 0 saturated carbocycles. The lowest BCUT2D eigenvalue weighted by molar-refractivity contribution is 0.102. The maximum atomic E-state index is 12.6. The van der Waals surface area contributed by atoms with Gasteiger partial charge in [-0.15, -0.1) is 11.3 Å². The van der Waals surface area contributed by atoms with E-state index in [0.717, 1.165) is 0 Å². The van der Waals surface area contributed by atoms with Gasteiger partial charge in [-0.1, -0.05) is 6.07 Å². The Balaban J connectivity index is 1.86. The molecule has 1 aromatic heterocycles. The van der Waals surface area contributed by atoms with Gasteiger partial charge in [0.25, 0.3) is 5.91 Å². The van der Waals surface area contributed by atoms with Crippen LogP contribution in [0, 0.1) is 0 Å². The molecule has 0 radical (unpaired) electrons. The fourth-order valence-corrected chi connectivity index (χ4v) is 7.39. The number of thiazole rings is 1. The highest BCUT2D eigenvalue weighted by Crippen LogP contribution is 2.26. The number of carbonyl (C=O) groups is 1. The Bertz CT molecular complexity index is 966. The summed E-state index contributed by atoms with van der Waals surface area (Å²) >= 11 is 1.25. The van der Waals surface area contributed by atoms with E-state index in [1.165, 1.54) is 35.6 Å². The molecule has 0 aliphatic carbocycles. The summed E-state index contributed by atoms with van der Waals surface area (Å²) in [4.78, 5) is 16.1. The average molecular weight is 386 g/mol. The van der Waals surface area contributed by atoms with E-state index >= 15 is 0 Å². The van der Waals surface area contributed by atoms with Crippen molar-refractivity contribution in [3.63, 3.8) is 0 Å². The second kappa shape index (κ2) is 6.26. The number of aromatic nitrogens is 1. The maximum absolute atomic E-state index is 12.6. The summed E-state index contributed by atoms with van der Waals surface area (Å²) in [6.07, 6.45) is 1.63. The van der Waals surface area contributed by atoms with Crippen LogP contribution in [0.4, 0.5) is 5.13 Å². The molecule has 128 valence electrons. The van der Waals surface area contributed by atoms with Crippen LogP contribution in [0.15, 0.2) is 40.7 Å². The van der Waals surface area contributed by atoms with Crippen molar-refractivity contribution in [2.75, 3.05) is 16.8 Å². The SMILES string of the molecule is O=C(Nc1nccs1)c1cccc(S(=O)(=O)C2CCS(=O)(=O)C2)c1. The Labute approximate surface area is 143 Å². The third kappa shape index (κ3) is 3.50. The Kier molecular flexibility index (Phi) is 4.45. The standard InChI is InChI=1S/C14H14N2O5S3/c17-13(16-14-15-5-6-22-14)10-2-1-3-11(8-10)24(20,21)12-4-7-23(18,19)9-12/h1-3,5-6,8,12H,4,7,9H2,(H,15,16,17). The van der Waals surface area contributed by atoms with Crippen LogP contribution in [0.5, 0.6) is 0 Å². The fourth-order valence-electron chi connectivity index (χ4n) is 2.47. The first-order chi connectivity index (χ1) is 11.3. The highest BCUT2D eigenvalue weighted by Gasteiger charge is 2.38. The van der Waals surface area contributed by atoms with Crippen molar-refractivity contribution in [1.29, 1.82) is 0 Å². The van der Waals surface area contributed by atoms with Crippen LogP contribution >= 0.6 is 11.3 Å². The van der Waals surface area contributed by atoms with Gasteiger partial charge in [0.15, 0.2) is 24.8 Å². The Morgan fingerprint density at radius 2 is 2.12 bits per heavy atom. The van der Waals surface area contributed by atoms with E-state index in [2.05, 4.69) is 10.3 Å². The van der Waals surface area contributed by atoms with E-state index in [0.29, 0.717) is 5.13 Å². The van der Waals surface area contributed by atoms with Gasteiger partial charge < -0.3 is 0 Å². The van der Waals surface area contributed by atoms with Gasteiger partial charge >= 0.3 is 0 Å². The van der Waals surface area contributed by atoms with Crippen LogP contribution in [0.2, 0.25) is 0 Å². The second-order valence-electron chi connectivity index (χ2n) is 5.39. The quantitative estimate of drug-likeness (QED) is 0.849. The Morgan fingerprint density at radius 3 is 2.75 bits per heavy atom. The monoisotopic (exact) mass is 386 g/mol. The largest absolute Gasteiger partial charge is 0.298 e. The highest BCUT2D eigenvalue weighted by molar-refractivity contribution is 7.96. The zero-order valence-corrected chi connectivity index (χ0v) is 14.8. The number of nitrogens with one attached hydrogen (secondary N) is 1. The van der Waals surface area contributed by atoms with E-state index in [-0.39, 0.29) is 28.4 Å². The molecule has 1 unspecified atom stereocenters. The molecule has 1 fully saturated rings. The molecule has 24 heavy (non-hydrogen) atoms. The molecule has 10 heteroatoms. The summed E-state index contributed by atoms with van der Waals surface area (Å²) in [5.74, 6) is -0.965. The minimum Gasteiger partial charge on any atom is -0.298 e. The van der Waals surface area contributed by atoms with Gasteiger partial charge in [-0.25, -0.2) is 21.8 Å².